The number of amides is 2. The molecule has 0 unspecified atom stereocenters. The summed E-state index contributed by atoms with van der Waals surface area (Å²) >= 11 is 5.94. The lowest BCUT2D eigenvalue weighted by Gasteiger charge is -2.11. The van der Waals surface area contributed by atoms with Gasteiger partial charge in [0, 0.05) is 23.7 Å². The van der Waals surface area contributed by atoms with Gasteiger partial charge in [-0.2, -0.15) is 0 Å². The molecule has 2 rings (SSSR count). The highest BCUT2D eigenvalue weighted by molar-refractivity contribution is 6.31. The third kappa shape index (κ3) is 4.69. The summed E-state index contributed by atoms with van der Waals surface area (Å²) in [6.45, 7) is 1.68. The Hall–Kier alpha value is -2.60. The third-order valence-electron chi connectivity index (χ3n) is 3.01. The maximum atomic E-state index is 12.4. The standard InChI is InChI=1S/C16H16ClN3O3/c1-10(21)19-9-13-7-11(5-6-18-13)16(22)20-14-8-12(17)3-4-15(14)23-2/h3-8H,9H2,1-2H3,(H,19,21)(H,20,22). The largest absolute Gasteiger partial charge is 0.495 e. The van der Waals surface area contributed by atoms with Crippen LogP contribution in [0.4, 0.5) is 5.69 Å². The lowest BCUT2D eigenvalue weighted by Crippen LogP contribution is -2.20. The zero-order valence-electron chi connectivity index (χ0n) is 12.7. The Bertz CT molecular complexity index is 734. The summed E-state index contributed by atoms with van der Waals surface area (Å²) in [7, 11) is 1.51. The van der Waals surface area contributed by atoms with Crippen molar-refractivity contribution < 1.29 is 14.3 Å². The number of nitrogens with zero attached hydrogens (tertiary/aromatic N) is 1. The summed E-state index contributed by atoms with van der Waals surface area (Å²) in [4.78, 5) is 27.4. The molecule has 0 radical (unpaired) electrons. The highest BCUT2D eigenvalue weighted by Crippen LogP contribution is 2.28. The Morgan fingerprint density at radius 3 is 2.74 bits per heavy atom. The molecular formula is C16H16ClN3O3. The third-order valence-corrected chi connectivity index (χ3v) is 3.24. The SMILES string of the molecule is COc1ccc(Cl)cc1NC(=O)c1ccnc(CNC(C)=O)c1. The minimum Gasteiger partial charge on any atom is -0.495 e. The van der Waals surface area contributed by atoms with Gasteiger partial charge in [-0.3, -0.25) is 14.6 Å². The Balaban J connectivity index is 2.16. The first-order valence-corrected chi connectivity index (χ1v) is 7.21. The number of aromatic nitrogens is 1. The summed E-state index contributed by atoms with van der Waals surface area (Å²) in [5.41, 5.74) is 1.48. The molecule has 2 N–H and O–H groups in total. The number of halogens is 1. The van der Waals surface area contributed by atoms with Crippen LogP contribution in [0.25, 0.3) is 0 Å². The lowest BCUT2D eigenvalue weighted by molar-refractivity contribution is -0.119. The first-order chi connectivity index (χ1) is 11.0. The van der Waals surface area contributed by atoms with Crippen LogP contribution in [0, 0.1) is 0 Å². The number of anilines is 1. The fraction of sp³-hybridized carbons (Fsp3) is 0.188. The number of nitrogens with one attached hydrogen (secondary N) is 2. The van der Waals surface area contributed by atoms with Crippen LogP contribution in [-0.2, 0) is 11.3 Å². The monoisotopic (exact) mass is 333 g/mol. The number of rotatable bonds is 5. The van der Waals surface area contributed by atoms with Crippen molar-refractivity contribution in [3.05, 3.63) is 52.8 Å². The maximum absolute atomic E-state index is 12.4. The molecule has 2 aromatic rings. The highest BCUT2D eigenvalue weighted by Gasteiger charge is 2.11. The number of methoxy groups -OCH3 is 1. The van der Waals surface area contributed by atoms with Gasteiger partial charge in [-0.25, -0.2) is 0 Å². The van der Waals surface area contributed by atoms with Crippen molar-refractivity contribution >= 4 is 29.1 Å². The molecule has 0 saturated heterocycles. The molecule has 0 aliphatic rings. The van der Waals surface area contributed by atoms with Crippen LogP contribution in [0.2, 0.25) is 5.02 Å². The van der Waals surface area contributed by atoms with E-state index in [1.165, 1.54) is 20.2 Å². The molecule has 23 heavy (non-hydrogen) atoms. The molecular weight excluding hydrogens is 318 g/mol. The quantitative estimate of drug-likeness (QED) is 0.881. The molecule has 0 aliphatic carbocycles. The van der Waals surface area contributed by atoms with Crippen molar-refractivity contribution in [1.29, 1.82) is 0 Å². The van der Waals surface area contributed by atoms with Crippen molar-refractivity contribution in [2.75, 3.05) is 12.4 Å². The zero-order valence-corrected chi connectivity index (χ0v) is 13.5. The number of carbonyl (C=O) groups is 2. The Kier molecular flexibility index (Phi) is 5.54. The molecule has 1 aromatic heterocycles. The smallest absolute Gasteiger partial charge is 0.255 e. The van der Waals surface area contributed by atoms with Gasteiger partial charge in [0.1, 0.15) is 5.75 Å². The van der Waals surface area contributed by atoms with Crippen molar-refractivity contribution in [2.45, 2.75) is 13.5 Å². The number of carbonyl (C=O) groups excluding carboxylic acids is 2. The van der Waals surface area contributed by atoms with Crippen LogP contribution in [0.3, 0.4) is 0 Å². The van der Waals surface area contributed by atoms with Gasteiger partial charge in [-0.05, 0) is 30.3 Å². The normalized spacial score (nSPS) is 10.0. The predicted molar refractivity (Wildman–Crippen MR) is 87.7 cm³/mol. The van der Waals surface area contributed by atoms with E-state index in [4.69, 9.17) is 16.3 Å². The zero-order chi connectivity index (χ0) is 16.8. The fourth-order valence-corrected chi connectivity index (χ4v) is 2.08. The van der Waals surface area contributed by atoms with Gasteiger partial charge in [-0.15, -0.1) is 0 Å². The Morgan fingerprint density at radius 1 is 1.26 bits per heavy atom. The van der Waals surface area contributed by atoms with Crippen LogP contribution in [0.5, 0.6) is 5.75 Å². The first-order valence-electron chi connectivity index (χ1n) is 6.84. The Morgan fingerprint density at radius 2 is 2.04 bits per heavy atom. The summed E-state index contributed by atoms with van der Waals surface area (Å²) in [5, 5.41) is 5.87. The number of hydrogen-bond acceptors (Lipinski definition) is 4. The summed E-state index contributed by atoms with van der Waals surface area (Å²) < 4.78 is 5.19. The van der Waals surface area contributed by atoms with Crippen molar-refractivity contribution in [3.8, 4) is 5.75 Å². The second kappa shape index (κ2) is 7.60. The first kappa shape index (κ1) is 16.8. The average molecular weight is 334 g/mol. The topological polar surface area (TPSA) is 80.3 Å². The molecule has 0 saturated carbocycles. The van der Waals surface area contributed by atoms with E-state index >= 15 is 0 Å². The molecule has 0 fully saturated rings. The Labute approximate surface area is 138 Å². The molecule has 120 valence electrons. The van der Waals surface area contributed by atoms with Gasteiger partial charge in [0.25, 0.3) is 5.91 Å². The van der Waals surface area contributed by atoms with E-state index in [0.29, 0.717) is 27.7 Å². The van der Waals surface area contributed by atoms with E-state index in [0.717, 1.165) is 0 Å². The van der Waals surface area contributed by atoms with Crippen molar-refractivity contribution in [2.24, 2.45) is 0 Å². The number of benzene rings is 1. The van der Waals surface area contributed by atoms with Gasteiger partial charge in [0.15, 0.2) is 0 Å². The molecule has 0 spiro atoms. The average Bonchev–Trinajstić information content (AvgIpc) is 2.53. The molecule has 6 nitrogen and oxygen atoms in total. The van der Waals surface area contributed by atoms with Gasteiger partial charge in [0.2, 0.25) is 5.91 Å². The summed E-state index contributed by atoms with van der Waals surface area (Å²) in [6.07, 6.45) is 1.52. The highest BCUT2D eigenvalue weighted by atomic mass is 35.5. The van der Waals surface area contributed by atoms with Crippen LogP contribution < -0.4 is 15.4 Å². The second-order valence-electron chi connectivity index (χ2n) is 4.74. The molecule has 0 aliphatic heterocycles. The molecule has 1 heterocycles. The number of pyridine rings is 1. The van der Waals surface area contributed by atoms with Gasteiger partial charge >= 0.3 is 0 Å². The van der Waals surface area contributed by atoms with Crippen LogP contribution in [0.1, 0.15) is 23.0 Å². The summed E-state index contributed by atoms with van der Waals surface area (Å²) in [5.74, 6) is 0.0256. The van der Waals surface area contributed by atoms with E-state index < -0.39 is 0 Å². The summed E-state index contributed by atoms with van der Waals surface area (Å²) in [6, 6.07) is 8.16. The van der Waals surface area contributed by atoms with Crippen molar-refractivity contribution in [1.82, 2.24) is 10.3 Å². The molecule has 7 heteroatoms. The van der Waals surface area contributed by atoms with E-state index in [-0.39, 0.29) is 18.4 Å². The molecule has 1 aromatic carbocycles. The van der Waals surface area contributed by atoms with E-state index in [1.54, 1.807) is 30.3 Å². The van der Waals surface area contributed by atoms with Crippen LogP contribution in [0.15, 0.2) is 36.5 Å². The van der Waals surface area contributed by atoms with E-state index in [2.05, 4.69) is 15.6 Å². The fourth-order valence-electron chi connectivity index (χ4n) is 1.90. The molecule has 0 atom stereocenters. The van der Waals surface area contributed by atoms with Crippen LogP contribution in [-0.4, -0.2) is 23.9 Å². The second-order valence-corrected chi connectivity index (χ2v) is 5.18. The van der Waals surface area contributed by atoms with E-state index in [1.807, 2.05) is 0 Å². The predicted octanol–water partition coefficient (Wildman–Crippen LogP) is 2.63. The van der Waals surface area contributed by atoms with Crippen molar-refractivity contribution in [3.63, 3.8) is 0 Å². The van der Waals surface area contributed by atoms with Crippen LogP contribution >= 0.6 is 11.6 Å². The van der Waals surface area contributed by atoms with Gasteiger partial charge in [-0.1, -0.05) is 11.6 Å². The lowest BCUT2D eigenvalue weighted by atomic mass is 10.2. The number of hydrogen-bond donors (Lipinski definition) is 2. The van der Waals surface area contributed by atoms with E-state index in [9.17, 15) is 9.59 Å². The minimum absolute atomic E-state index is 0.162. The van der Waals surface area contributed by atoms with Gasteiger partial charge in [0.05, 0.1) is 25.0 Å². The maximum Gasteiger partial charge on any atom is 0.255 e. The minimum atomic E-state index is -0.322. The number of ether oxygens (including phenoxy) is 1. The van der Waals surface area contributed by atoms with Gasteiger partial charge < -0.3 is 15.4 Å². The molecule has 2 amide bonds. The molecule has 0 bridgehead atoms.